The van der Waals surface area contributed by atoms with E-state index in [1.165, 1.54) is 0 Å². The fraction of sp³-hybridized carbons (Fsp3) is 0. The number of anilines is 1. The van der Waals surface area contributed by atoms with E-state index >= 15 is 0 Å². The molecule has 0 spiro atoms. The molecule has 2 aromatic rings. The van der Waals surface area contributed by atoms with Crippen LogP contribution in [0.25, 0.3) is 11.1 Å². The molecule has 0 fully saturated rings. The van der Waals surface area contributed by atoms with Crippen molar-refractivity contribution < 1.29 is 0 Å². The average molecular weight is 229 g/mol. The Morgan fingerprint density at radius 1 is 1.12 bits per heavy atom. The van der Waals surface area contributed by atoms with Crippen LogP contribution in [0.4, 0.5) is 5.69 Å². The van der Waals surface area contributed by atoms with E-state index in [0.29, 0.717) is 16.3 Å². The summed E-state index contributed by atoms with van der Waals surface area (Å²) in [6.45, 7) is 0. The number of nitrogens with two attached hydrogens (primary N) is 1. The quantitative estimate of drug-likeness (QED) is 0.760. The molecule has 0 aliphatic heterocycles. The van der Waals surface area contributed by atoms with Crippen molar-refractivity contribution in [2.75, 3.05) is 5.73 Å². The van der Waals surface area contributed by atoms with Crippen molar-refractivity contribution in [3.05, 3.63) is 53.1 Å². The Hall–Kier alpha value is -1.98. The minimum atomic E-state index is 0.608. The molecular formula is C13H9ClN2. The van der Waals surface area contributed by atoms with Crippen LogP contribution in [0.15, 0.2) is 42.5 Å². The normalized spacial score (nSPS) is 9.75. The molecule has 0 bridgehead atoms. The molecule has 0 unspecified atom stereocenters. The van der Waals surface area contributed by atoms with Gasteiger partial charge in [0.05, 0.1) is 11.6 Å². The first-order valence-corrected chi connectivity index (χ1v) is 5.14. The number of halogens is 1. The Labute approximate surface area is 98.9 Å². The van der Waals surface area contributed by atoms with Crippen molar-refractivity contribution >= 4 is 17.3 Å². The fourth-order valence-corrected chi connectivity index (χ4v) is 1.71. The first-order valence-electron chi connectivity index (χ1n) is 4.76. The Morgan fingerprint density at radius 2 is 1.94 bits per heavy atom. The number of nitriles is 1. The number of hydrogen-bond acceptors (Lipinski definition) is 2. The van der Waals surface area contributed by atoms with Crippen molar-refractivity contribution in [2.24, 2.45) is 0 Å². The average Bonchev–Trinajstić information content (AvgIpc) is 2.32. The van der Waals surface area contributed by atoms with Gasteiger partial charge in [-0.2, -0.15) is 5.26 Å². The molecule has 0 saturated carbocycles. The lowest BCUT2D eigenvalue weighted by Gasteiger charge is -2.06. The highest BCUT2D eigenvalue weighted by molar-refractivity contribution is 6.31. The summed E-state index contributed by atoms with van der Waals surface area (Å²) >= 11 is 5.92. The van der Waals surface area contributed by atoms with Crippen LogP contribution in [-0.4, -0.2) is 0 Å². The lowest BCUT2D eigenvalue weighted by molar-refractivity contribution is 1.48. The Balaban J connectivity index is 2.58. The third-order valence-electron chi connectivity index (χ3n) is 2.32. The summed E-state index contributed by atoms with van der Waals surface area (Å²) in [5, 5.41) is 9.46. The summed E-state index contributed by atoms with van der Waals surface area (Å²) in [6.07, 6.45) is 0. The van der Waals surface area contributed by atoms with Gasteiger partial charge in [0, 0.05) is 16.3 Å². The second-order valence-electron chi connectivity index (χ2n) is 3.42. The van der Waals surface area contributed by atoms with Crippen LogP contribution in [0.3, 0.4) is 0 Å². The summed E-state index contributed by atoms with van der Waals surface area (Å²) in [5.41, 5.74) is 8.89. The summed E-state index contributed by atoms with van der Waals surface area (Å²) in [4.78, 5) is 0. The van der Waals surface area contributed by atoms with Crippen molar-refractivity contribution in [3.63, 3.8) is 0 Å². The van der Waals surface area contributed by atoms with E-state index in [2.05, 4.69) is 6.07 Å². The molecule has 16 heavy (non-hydrogen) atoms. The predicted octanol–water partition coefficient (Wildman–Crippen LogP) is 3.46. The zero-order chi connectivity index (χ0) is 11.5. The van der Waals surface area contributed by atoms with E-state index in [9.17, 15) is 0 Å². The number of nitrogens with zero attached hydrogens (tertiary/aromatic N) is 1. The first kappa shape index (κ1) is 10.5. The molecule has 0 saturated heterocycles. The standard InChI is InChI=1S/C13H9ClN2/c14-11-4-5-13(16)12(7-11)10-3-1-2-9(6-10)8-15/h1-7H,16H2. The highest BCUT2D eigenvalue weighted by Gasteiger charge is 2.04. The maximum Gasteiger partial charge on any atom is 0.0991 e. The highest BCUT2D eigenvalue weighted by atomic mass is 35.5. The molecule has 0 aliphatic rings. The van der Waals surface area contributed by atoms with Gasteiger partial charge in [0.1, 0.15) is 0 Å². The third kappa shape index (κ3) is 2.00. The second kappa shape index (κ2) is 4.26. The molecule has 3 heteroatoms. The van der Waals surface area contributed by atoms with E-state index in [0.717, 1.165) is 11.1 Å². The number of hydrogen-bond donors (Lipinski definition) is 1. The monoisotopic (exact) mass is 228 g/mol. The minimum Gasteiger partial charge on any atom is -0.398 e. The van der Waals surface area contributed by atoms with Crippen LogP contribution >= 0.6 is 11.6 Å². The largest absolute Gasteiger partial charge is 0.398 e. The molecule has 0 aliphatic carbocycles. The zero-order valence-corrected chi connectivity index (χ0v) is 9.20. The van der Waals surface area contributed by atoms with Crippen molar-refractivity contribution in [3.8, 4) is 17.2 Å². The van der Waals surface area contributed by atoms with E-state index in [1.807, 2.05) is 12.1 Å². The Kier molecular flexibility index (Phi) is 2.80. The summed E-state index contributed by atoms with van der Waals surface area (Å²) < 4.78 is 0. The fourth-order valence-electron chi connectivity index (χ4n) is 1.53. The first-order chi connectivity index (χ1) is 7.70. The lowest BCUT2D eigenvalue weighted by atomic mass is 10.0. The van der Waals surface area contributed by atoms with Crippen LogP contribution in [0, 0.1) is 11.3 Å². The number of benzene rings is 2. The van der Waals surface area contributed by atoms with Gasteiger partial charge < -0.3 is 5.73 Å². The third-order valence-corrected chi connectivity index (χ3v) is 2.55. The van der Waals surface area contributed by atoms with Gasteiger partial charge in [-0.05, 0) is 35.9 Å². The van der Waals surface area contributed by atoms with Crippen molar-refractivity contribution in [1.29, 1.82) is 5.26 Å². The molecule has 2 nitrogen and oxygen atoms in total. The Bertz CT molecular complexity index is 570. The minimum absolute atomic E-state index is 0.608. The maximum absolute atomic E-state index is 8.83. The number of rotatable bonds is 1. The molecule has 0 atom stereocenters. The molecule has 0 amide bonds. The summed E-state index contributed by atoms with van der Waals surface area (Å²) in [7, 11) is 0. The van der Waals surface area contributed by atoms with Gasteiger partial charge in [0.15, 0.2) is 0 Å². The molecular weight excluding hydrogens is 220 g/mol. The van der Waals surface area contributed by atoms with E-state index in [-0.39, 0.29) is 0 Å². The smallest absolute Gasteiger partial charge is 0.0991 e. The molecule has 0 heterocycles. The molecule has 0 radical (unpaired) electrons. The van der Waals surface area contributed by atoms with Gasteiger partial charge in [0.25, 0.3) is 0 Å². The van der Waals surface area contributed by atoms with Crippen LogP contribution in [0.2, 0.25) is 5.02 Å². The predicted molar refractivity (Wildman–Crippen MR) is 66.0 cm³/mol. The van der Waals surface area contributed by atoms with Gasteiger partial charge in [-0.1, -0.05) is 23.7 Å². The molecule has 78 valence electrons. The van der Waals surface area contributed by atoms with Crippen LogP contribution in [0.1, 0.15) is 5.56 Å². The maximum atomic E-state index is 8.83. The van der Waals surface area contributed by atoms with Crippen LogP contribution < -0.4 is 5.73 Å². The molecule has 2 aromatic carbocycles. The van der Waals surface area contributed by atoms with Gasteiger partial charge in [0.2, 0.25) is 0 Å². The SMILES string of the molecule is N#Cc1cccc(-c2cc(Cl)ccc2N)c1. The second-order valence-corrected chi connectivity index (χ2v) is 3.86. The molecule has 0 aromatic heterocycles. The van der Waals surface area contributed by atoms with Crippen LogP contribution in [0.5, 0.6) is 0 Å². The van der Waals surface area contributed by atoms with E-state index in [4.69, 9.17) is 22.6 Å². The zero-order valence-electron chi connectivity index (χ0n) is 8.44. The number of nitrogen functional groups attached to an aromatic ring is 1. The summed E-state index contributed by atoms with van der Waals surface area (Å²) in [5.74, 6) is 0. The Morgan fingerprint density at radius 3 is 2.69 bits per heavy atom. The lowest BCUT2D eigenvalue weighted by Crippen LogP contribution is -1.90. The van der Waals surface area contributed by atoms with Gasteiger partial charge >= 0.3 is 0 Å². The van der Waals surface area contributed by atoms with Gasteiger partial charge in [-0.15, -0.1) is 0 Å². The van der Waals surface area contributed by atoms with E-state index in [1.54, 1.807) is 30.3 Å². The molecule has 2 rings (SSSR count). The molecule has 2 N–H and O–H groups in total. The van der Waals surface area contributed by atoms with Gasteiger partial charge in [-0.25, -0.2) is 0 Å². The van der Waals surface area contributed by atoms with Crippen LogP contribution in [-0.2, 0) is 0 Å². The summed E-state index contributed by atoms with van der Waals surface area (Å²) in [6, 6.07) is 14.7. The van der Waals surface area contributed by atoms with E-state index < -0.39 is 0 Å². The van der Waals surface area contributed by atoms with Gasteiger partial charge in [-0.3, -0.25) is 0 Å². The highest BCUT2D eigenvalue weighted by Crippen LogP contribution is 2.29. The van der Waals surface area contributed by atoms with Crippen molar-refractivity contribution in [2.45, 2.75) is 0 Å². The van der Waals surface area contributed by atoms with Crippen molar-refractivity contribution in [1.82, 2.24) is 0 Å². The topological polar surface area (TPSA) is 49.8 Å².